The molecule has 0 radical (unpaired) electrons. The Morgan fingerprint density at radius 2 is 1.96 bits per heavy atom. The third-order valence-electron chi connectivity index (χ3n) is 3.91. The summed E-state index contributed by atoms with van der Waals surface area (Å²) in [6.07, 6.45) is 5.46. The van der Waals surface area contributed by atoms with Crippen LogP contribution in [0.4, 0.5) is 4.39 Å². The Labute approximate surface area is 138 Å². The second kappa shape index (κ2) is 6.62. The van der Waals surface area contributed by atoms with Crippen LogP contribution in [-0.2, 0) is 11.2 Å². The molecule has 3 rings (SSSR count). The molecule has 1 aromatic carbocycles. The SMILES string of the molecule is CN(CCc1ccncc1)C(=O)C(=O)c1c[nH]c2cc(F)ccc12. The van der Waals surface area contributed by atoms with Gasteiger partial charge in [-0.3, -0.25) is 14.6 Å². The molecule has 5 nitrogen and oxygen atoms in total. The van der Waals surface area contributed by atoms with E-state index >= 15 is 0 Å². The zero-order chi connectivity index (χ0) is 17.1. The number of amides is 1. The van der Waals surface area contributed by atoms with E-state index in [1.807, 2.05) is 12.1 Å². The highest BCUT2D eigenvalue weighted by atomic mass is 19.1. The molecule has 0 aliphatic rings. The summed E-state index contributed by atoms with van der Waals surface area (Å²) in [7, 11) is 1.59. The number of ketones is 1. The Morgan fingerprint density at radius 1 is 1.21 bits per heavy atom. The summed E-state index contributed by atoms with van der Waals surface area (Å²) in [5, 5.41) is 0.539. The number of hydrogen-bond acceptors (Lipinski definition) is 3. The maximum absolute atomic E-state index is 13.2. The van der Waals surface area contributed by atoms with E-state index in [9.17, 15) is 14.0 Å². The Balaban J connectivity index is 1.72. The van der Waals surface area contributed by atoms with Gasteiger partial charge < -0.3 is 9.88 Å². The highest BCUT2D eigenvalue weighted by Crippen LogP contribution is 2.20. The molecule has 0 atom stereocenters. The fourth-order valence-electron chi connectivity index (χ4n) is 2.52. The molecule has 3 aromatic rings. The van der Waals surface area contributed by atoms with Crippen LogP contribution in [0.1, 0.15) is 15.9 Å². The average Bonchev–Trinajstić information content (AvgIpc) is 3.02. The van der Waals surface area contributed by atoms with Gasteiger partial charge in [-0.15, -0.1) is 0 Å². The molecule has 0 spiro atoms. The monoisotopic (exact) mass is 325 g/mol. The number of Topliss-reactive ketones (excluding diaryl/α,β-unsaturated/α-hetero) is 1. The molecule has 24 heavy (non-hydrogen) atoms. The van der Waals surface area contributed by atoms with Gasteiger partial charge in [-0.05, 0) is 42.3 Å². The average molecular weight is 325 g/mol. The molecule has 0 bridgehead atoms. The smallest absolute Gasteiger partial charge is 0.294 e. The van der Waals surface area contributed by atoms with Crippen LogP contribution in [0.5, 0.6) is 0 Å². The lowest BCUT2D eigenvalue weighted by atomic mass is 10.1. The lowest BCUT2D eigenvalue weighted by Crippen LogP contribution is -2.34. The van der Waals surface area contributed by atoms with Crippen LogP contribution in [0.2, 0.25) is 0 Å². The molecule has 1 N–H and O–H groups in total. The van der Waals surface area contributed by atoms with Gasteiger partial charge in [0.25, 0.3) is 11.7 Å². The fraction of sp³-hybridized carbons (Fsp3) is 0.167. The van der Waals surface area contributed by atoms with Crippen LogP contribution < -0.4 is 0 Å². The molecule has 2 aromatic heterocycles. The lowest BCUT2D eigenvalue weighted by Gasteiger charge is -2.16. The second-order valence-electron chi connectivity index (χ2n) is 5.55. The first-order valence-corrected chi connectivity index (χ1v) is 7.51. The predicted octanol–water partition coefficient (Wildman–Crippen LogP) is 2.59. The maximum atomic E-state index is 13.2. The number of hydrogen-bond donors (Lipinski definition) is 1. The maximum Gasteiger partial charge on any atom is 0.294 e. The molecule has 6 heteroatoms. The minimum Gasteiger partial charge on any atom is -0.360 e. The predicted molar refractivity (Wildman–Crippen MR) is 88.2 cm³/mol. The van der Waals surface area contributed by atoms with Crippen molar-refractivity contribution in [1.82, 2.24) is 14.9 Å². The Morgan fingerprint density at radius 3 is 2.71 bits per heavy atom. The minimum absolute atomic E-state index is 0.255. The number of benzene rings is 1. The molecule has 0 saturated carbocycles. The summed E-state index contributed by atoms with van der Waals surface area (Å²) in [5.74, 6) is -1.59. The van der Waals surface area contributed by atoms with Crippen LogP contribution in [0.25, 0.3) is 10.9 Å². The van der Waals surface area contributed by atoms with E-state index in [2.05, 4.69) is 9.97 Å². The van der Waals surface area contributed by atoms with Crippen LogP contribution >= 0.6 is 0 Å². The van der Waals surface area contributed by atoms with E-state index in [1.54, 1.807) is 19.4 Å². The Hall–Kier alpha value is -3.02. The zero-order valence-electron chi connectivity index (χ0n) is 13.1. The lowest BCUT2D eigenvalue weighted by molar-refractivity contribution is -0.125. The minimum atomic E-state index is -0.606. The summed E-state index contributed by atoms with van der Waals surface area (Å²) < 4.78 is 13.2. The largest absolute Gasteiger partial charge is 0.360 e. The number of halogens is 1. The van der Waals surface area contributed by atoms with Crippen molar-refractivity contribution in [3.63, 3.8) is 0 Å². The number of rotatable bonds is 5. The van der Waals surface area contributed by atoms with Crippen LogP contribution in [-0.4, -0.2) is 40.2 Å². The summed E-state index contributed by atoms with van der Waals surface area (Å²) in [6.45, 7) is 0.422. The summed E-state index contributed by atoms with van der Waals surface area (Å²) in [4.78, 5) is 32.9. The summed E-state index contributed by atoms with van der Waals surface area (Å²) >= 11 is 0. The number of fused-ring (bicyclic) bond motifs is 1. The highest BCUT2D eigenvalue weighted by molar-refractivity contribution is 6.44. The van der Waals surface area contributed by atoms with Crippen LogP contribution in [0.3, 0.4) is 0 Å². The molecule has 122 valence electrons. The van der Waals surface area contributed by atoms with E-state index in [0.717, 1.165) is 5.56 Å². The number of nitrogens with zero attached hydrogens (tertiary/aromatic N) is 2. The van der Waals surface area contributed by atoms with Crippen LogP contribution in [0.15, 0.2) is 48.9 Å². The number of pyridine rings is 1. The van der Waals surface area contributed by atoms with Crippen molar-refractivity contribution in [3.8, 4) is 0 Å². The first-order chi connectivity index (χ1) is 11.6. The first-order valence-electron chi connectivity index (χ1n) is 7.51. The van der Waals surface area contributed by atoms with E-state index in [1.165, 1.54) is 29.3 Å². The quantitative estimate of drug-likeness (QED) is 0.579. The molecule has 2 heterocycles. The molecular weight excluding hydrogens is 309 g/mol. The molecule has 0 aliphatic carbocycles. The standard InChI is InChI=1S/C18H16FN3O2/c1-22(9-6-12-4-7-20-8-5-12)18(24)17(23)15-11-21-16-10-13(19)2-3-14(15)16/h2-5,7-8,10-11,21H,6,9H2,1H3. The van der Waals surface area contributed by atoms with Crippen LogP contribution in [0, 0.1) is 5.82 Å². The van der Waals surface area contributed by atoms with Crippen molar-refractivity contribution in [3.05, 3.63) is 65.9 Å². The summed E-state index contributed by atoms with van der Waals surface area (Å²) in [6, 6.07) is 7.80. The Bertz CT molecular complexity index is 890. The molecule has 0 fully saturated rings. The third kappa shape index (κ3) is 3.17. The zero-order valence-corrected chi connectivity index (χ0v) is 13.1. The van der Waals surface area contributed by atoms with Crippen molar-refractivity contribution >= 4 is 22.6 Å². The normalized spacial score (nSPS) is 10.8. The van der Waals surface area contributed by atoms with E-state index in [0.29, 0.717) is 23.9 Å². The summed E-state index contributed by atoms with van der Waals surface area (Å²) in [5.41, 5.74) is 1.79. The molecule has 1 amide bonds. The second-order valence-corrected chi connectivity index (χ2v) is 5.55. The van der Waals surface area contributed by atoms with Gasteiger partial charge >= 0.3 is 0 Å². The number of likely N-dealkylation sites (N-methyl/N-ethyl adjacent to an activating group) is 1. The number of aromatic nitrogens is 2. The number of carbonyl (C=O) groups is 2. The number of nitrogens with one attached hydrogen (secondary N) is 1. The number of H-pyrrole nitrogens is 1. The van der Waals surface area contributed by atoms with Gasteiger partial charge in [-0.1, -0.05) is 0 Å². The van der Waals surface area contributed by atoms with Gasteiger partial charge in [0.2, 0.25) is 0 Å². The van der Waals surface area contributed by atoms with Crippen molar-refractivity contribution in [2.75, 3.05) is 13.6 Å². The van der Waals surface area contributed by atoms with E-state index in [4.69, 9.17) is 0 Å². The van der Waals surface area contributed by atoms with Gasteiger partial charge in [0.15, 0.2) is 0 Å². The fourth-order valence-corrected chi connectivity index (χ4v) is 2.52. The highest BCUT2D eigenvalue weighted by Gasteiger charge is 2.23. The number of carbonyl (C=O) groups excluding carboxylic acids is 2. The van der Waals surface area contributed by atoms with Crippen molar-refractivity contribution < 1.29 is 14.0 Å². The van der Waals surface area contributed by atoms with Gasteiger partial charge in [-0.25, -0.2) is 4.39 Å². The van der Waals surface area contributed by atoms with E-state index < -0.39 is 17.5 Å². The van der Waals surface area contributed by atoms with Gasteiger partial charge in [0.1, 0.15) is 5.82 Å². The molecular formula is C18H16FN3O2. The Kier molecular flexibility index (Phi) is 4.37. The van der Waals surface area contributed by atoms with Crippen molar-refractivity contribution in [1.29, 1.82) is 0 Å². The topological polar surface area (TPSA) is 66.1 Å². The van der Waals surface area contributed by atoms with Gasteiger partial charge in [0, 0.05) is 43.1 Å². The number of aromatic amines is 1. The molecule has 0 unspecified atom stereocenters. The van der Waals surface area contributed by atoms with Gasteiger partial charge in [-0.2, -0.15) is 0 Å². The third-order valence-corrected chi connectivity index (χ3v) is 3.91. The molecule has 0 saturated heterocycles. The first kappa shape index (κ1) is 15.9. The molecule has 0 aliphatic heterocycles. The van der Waals surface area contributed by atoms with Gasteiger partial charge in [0.05, 0.1) is 5.56 Å². The van der Waals surface area contributed by atoms with Crippen molar-refractivity contribution in [2.24, 2.45) is 0 Å². The van der Waals surface area contributed by atoms with Crippen molar-refractivity contribution in [2.45, 2.75) is 6.42 Å². The van der Waals surface area contributed by atoms with E-state index in [-0.39, 0.29) is 5.56 Å².